The van der Waals surface area contributed by atoms with E-state index in [1.54, 1.807) is 24.5 Å². The summed E-state index contributed by atoms with van der Waals surface area (Å²) < 4.78 is 43.2. The summed E-state index contributed by atoms with van der Waals surface area (Å²) in [6, 6.07) is 9.65. The third kappa shape index (κ3) is 3.35. The van der Waals surface area contributed by atoms with E-state index in [0.717, 1.165) is 17.7 Å². The van der Waals surface area contributed by atoms with Crippen LogP contribution in [-0.2, 0) is 10.1 Å². The first-order chi connectivity index (χ1) is 11.0. The fourth-order valence-electron chi connectivity index (χ4n) is 1.99. The van der Waals surface area contributed by atoms with Gasteiger partial charge in [0.05, 0.1) is 6.20 Å². The Morgan fingerprint density at radius 3 is 2.65 bits per heavy atom. The first-order valence-corrected chi connectivity index (χ1v) is 8.23. The second-order valence-corrected chi connectivity index (χ2v) is 6.58. The minimum Gasteiger partial charge on any atom is -0.379 e. The summed E-state index contributed by atoms with van der Waals surface area (Å²) in [6.07, 6.45) is 3.25. The Bertz CT molecular complexity index is 943. The molecule has 0 aliphatic heterocycles. The van der Waals surface area contributed by atoms with Gasteiger partial charge in [0.1, 0.15) is 16.5 Å². The van der Waals surface area contributed by atoms with Crippen LogP contribution in [0.4, 0.5) is 4.39 Å². The van der Waals surface area contributed by atoms with Crippen molar-refractivity contribution in [2.45, 2.75) is 4.90 Å². The molecule has 0 atom stereocenters. The van der Waals surface area contributed by atoms with Gasteiger partial charge in [0.2, 0.25) is 0 Å². The molecule has 118 valence electrons. The Balaban J connectivity index is 1.93. The molecule has 0 fully saturated rings. The van der Waals surface area contributed by atoms with Gasteiger partial charge in [-0.3, -0.25) is 5.10 Å². The molecule has 0 radical (unpaired) electrons. The van der Waals surface area contributed by atoms with Gasteiger partial charge in [-0.05, 0) is 35.9 Å². The molecule has 0 saturated heterocycles. The fraction of sp³-hybridized carbons (Fsp3) is 0. The summed E-state index contributed by atoms with van der Waals surface area (Å²) in [5.41, 5.74) is 1.48. The average Bonchev–Trinajstić information content (AvgIpc) is 3.00. The Kier molecular flexibility index (Phi) is 4.06. The van der Waals surface area contributed by atoms with Gasteiger partial charge in [-0.15, -0.1) is 0 Å². The Morgan fingerprint density at radius 2 is 1.96 bits per heavy atom. The third-order valence-corrected chi connectivity index (χ3v) is 4.55. The number of nitrogens with zero attached hydrogens (tertiary/aromatic N) is 1. The maximum Gasteiger partial charge on any atom is 0.342 e. The van der Waals surface area contributed by atoms with Gasteiger partial charge in [-0.1, -0.05) is 23.7 Å². The van der Waals surface area contributed by atoms with Gasteiger partial charge in [0, 0.05) is 16.8 Å². The van der Waals surface area contributed by atoms with Crippen LogP contribution in [0, 0.1) is 5.82 Å². The van der Waals surface area contributed by atoms with E-state index in [4.69, 9.17) is 15.8 Å². The molecular formula is C15H10ClFN2O3S. The molecule has 0 unspecified atom stereocenters. The summed E-state index contributed by atoms with van der Waals surface area (Å²) >= 11 is 5.62. The van der Waals surface area contributed by atoms with E-state index < -0.39 is 20.8 Å². The molecule has 0 aliphatic rings. The summed E-state index contributed by atoms with van der Waals surface area (Å²) in [7, 11) is -4.30. The lowest BCUT2D eigenvalue weighted by atomic mass is 10.1. The lowest BCUT2D eigenvalue weighted by molar-refractivity contribution is 0.476. The van der Waals surface area contributed by atoms with Crippen molar-refractivity contribution in [2.24, 2.45) is 0 Å². The molecule has 1 heterocycles. The lowest BCUT2D eigenvalue weighted by Gasteiger charge is -2.09. The fourth-order valence-corrected chi connectivity index (χ4v) is 3.12. The van der Waals surface area contributed by atoms with Crippen LogP contribution in [0.1, 0.15) is 0 Å². The number of aromatic nitrogens is 2. The molecule has 2 aromatic carbocycles. The van der Waals surface area contributed by atoms with Gasteiger partial charge in [-0.2, -0.15) is 13.5 Å². The van der Waals surface area contributed by atoms with Crippen LogP contribution in [0.15, 0.2) is 59.8 Å². The highest BCUT2D eigenvalue weighted by molar-refractivity contribution is 7.87. The summed E-state index contributed by atoms with van der Waals surface area (Å²) in [5.74, 6) is -0.901. The molecule has 8 heteroatoms. The highest BCUT2D eigenvalue weighted by Crippen LogP contribution is 2.26. The summed E-state index contributed by atoms with van der Waals surface area (Å²) in [5, 5.41) is 6.59. The van der Waals surface area contributed by atoms with Gasteiger partial charge >= 0.3 is 10.1 Å². The summed E-state index contributed by atoms with van der Waals surface area (Å²) in [4.78, 5) is -0.574. The van der Waals surface area contributed by atoms with Gasteiger partial charge in [0.25, 0.3) is 0 Å². The minimum atomic E-state index is -4.30. The Morgan fingerprint density at radius 1 is 1.13 bits per heavy atom. The molecule has 0 aliphatic carbocycles. The molecular weight excluding hydrogens is 343 g/mol. The van der Waals surface area contributed by atoms with E-state index >= 15 is 0 Å². The highest BCUT2D eigenvalue weighted by atomic mass is 35.5. The smallest absolute Gasteiger partial charge is 0.342 e. The molecule has 3 aromatic rings. The molecule has 0 spiro atoms. The first-order valence-electron chi connectivity index (χ1n) is 6.44. The van der Waals surface area contributed by atoms with Crippen molar-refractivity contribution in [1.29, 1.82) is 0 Å². The number of nitrogens with one attached hydrogen (secondary N) is 1. The van der Waals surface area contributed by atoms with Gasteiger partial charge in [0.15, 0.2) is 0 Å². The van der Waals surface area contributed by atoms with E-state index in [-0.39, 0.29) is 10.8 Å². The molecule has 23 heavy (non-hydrogen) atoms. The van der Waals surface area contributed by atoms with E-state index in [0.29, 0.717) is 5.56 Å². The molecule has 5 nitrogen and oxygen atoms in total. The van der Waals surface area contributed by atoms with Crippen molar-refractivity contribution in [2.75, 3.05) is 0 Å². The zero-order valence-electron chi connectivity index (χ0n) is 11.5. The van der Waals surface area contributed by atoms with Crippen molar-refractivity contribution >= 4 is 21.7 Å². The maximum atomic E-state index is 13.8. The second-order valence-electron chi connectivity index (χ2n) is 4.63. The number of H-pyrrole nitrogens is 1. The predicted octanol–water partition coefficient (Wildman–Crippen LogP) is 3.64. The van der Waals surface area contributed by atoms with Crippen LogP contribution in [0.5, 0.6) is 5.75 Å². The molecule has 0 bridgehead atoms. The molecule has 0 amide bonds. The van der Waals surface area contributed by atoms with Crippen LogP contribution >= 0.6 is 11.6 Å². The van der Waals surface area contributed by atoms with E-state index in [1.807, 2.05) is 0 Å². The zero-order valence-corrected chi connectivity index (χ0v) is 13.1. The van der Waals surface area contributed by atoms with Crippen LogP contribution in [0.25, 0.3) is 11.1 Å². The van der Waals surface area contributed by atoms with Crippen LogP contribution < -0.4 is 4.18 Å². The third-order valence-electron chi connectivity index (χ3n) is 3.03. The minimum absolute atomic E-state index is 0.0676. The van der Waals surface area contributed by atoms with E-state index in [1.165, 1.54) is 18.2 Å². The van der Waals surface area contributed by atoms with Crippen molar-refractivity contribution in [3.63, 3.8) is 0 Å². The second kappa shape index (κ2) is 6.02. The van der Waals surface area contributed by atoms with Gasteiger partial charge in [-0.25, -0.2) is 4.39 Å². The predicted molar refractivity (Wildman–Crippen MR) is 83.2 cm³/mol. The van der Waals surface area contributed by atoms with Crippen LogP contribution in [0.2, 0.25) is 5.02 Å². The molecule has 1 aromatic heterocycles. The van der Waals surface area contributed by atoms with Crippen molar-refractivity contribution in [1.82, 2.24) is 10.2 Å². The van der Waals surface area contributed by atoms with E-state index in [9.17, 15) is 12.8 Å². The molecule has 3 rings (SSSR count). The Labute approximate surface area is 136 Å². The molecule has 0 saturated carbocycles. The highest BCUT2D eigenvalue weighted by Gasteiger charge is 2.21. The SMILES string of the molecule is O=S(=O)(Oc1cccc(-c2cn[nH]c2)c1)c1ccc(Cl)cc1F. The number of hydrogen-bond donors (Lipinski definition) is 1. The average molecular weight is 353 g/mol. The number of rotatable bonds is 4. The Hall–Kier alpha value is -2.38. The topological polar surface area (TPSA) is 72.1 Å². The van der Waals surface area contributed by atoms with E-state index in [2.05, 4.69) is 10.2 Å². The quantitative estimate of drug-likeness (QED) is 0.728. The normalized spacial score (nSPS) is 11.4. The standard InChI is InChI=1S/C15H10ClFN2O3S/c16-12-4-5-15(14(17)7-12)23(20,21)22-13-3-1-2-10(6-13)11-8-18-19-9-11/h1-9H,(H,18,19). The van der Waals surface area contributed by atoms with Crippen molar-refractivity contribution in [3.8, 4) is 16.9 Å². The number of hydrogen-bond acceptors (Lipinski definition) is 4. The number of halogens is 2. The largest absolute Gasteiger partial charge is 0.379 e. The number of benzene rings is 2. The van der Waals surface area contributed by atoms with Gasteiger partial charge < -0.3 is 4.18 Å². The van der Waals surface area contributed by atoms with Crippen molar-refractivity contribution in [3.05, 3.63) is 65.7 Å². The van der Waals surface area contributed by atoms with Crippen LogP contribution in [0.3, 0.4) is 0 Å². The zero-order chi connectivity index (χ0) is 16.4. The molecule has 1 N–H and O–H groups in total. The van der Waals surface area contributed by atoms with Crippen molar-refractivity contribution < 1.29 is 17.0 Å². The monoisotopic (exact) mass is 352 g/mol. The summed E-state index contributed by atoms with van der Waals surface area (Å²) in [6.45, 7) is 0. The maximum absolute atomic E-state index is 13.8. The number of aromatic amines is 1. The first kappa shape index (κ1) is 15.5. The van der Waals surface area contributed by atoms with Crippen LogP contribution in [-0.4, -0.2) is 18.6 Å². The lowest BCUT2D eigenvalue weighted by Crippen LogP contribution is -2.11.